The van der Waals surface area contributed by atoms with Crippen molar-refractivity contribution in [1.29, 1.82) is 0 Å². The highest BCUT2D eigenvalue weighted by molar-refractivity contribution is 5.51. The van der Waals surface area contributed by atoms with E-state index in [0.29, 0.717) is 0 Å². The zero-order chi connectivity index (χ0) is 10.6. The Labute approximate surface area is 84.8 Å². The molecule has 0 bridgehead atoms. The third kappa shape index (κ3) is 3.62. The molecule has 0 fully saturated rings. The highest BCUT2D eigenvalue weighted by Crippen LogP contribution is 2.14. The van der Waals surface area contributed by atoms with Gasteiger partial charge in [0.15, 0.2) is 0 Å². The highest BCUT2D eigenvalue weighted by Gasteiger charge is 2.05. The average molecular weight is 192 g/mol. The maximum Gasteiger partial charge on any atom is 0.118 e. The second kappa shape index (κ2) is 4.29. The number of ether oxygens (including phenoxy) is 1. The largest absolute Gasteiger partial charge is 0.497 e. The van der Waals surface area contributed by atoms with Crippen LogP contribution in [-0.2, 0) is 0 Å². The first kappa shape index (κ1) is 10.8. The normalized spacial score (nSPS) is 12.0. The summed E-state index contributed by atoms with van der Waals surface area (Å²) in [4.78, 5) is 0. The van der Waals surface area contributed by atoms with Crippen LogP contribution in [0.1, 0.15) is 19.4 Å². The molecule has 76 valence electrons. The van der Waals surface area contributed by atoms with Crippen molar-refractivity contribution in [1.82, 2.24) is 0 Å². The van der Waals surface area contributed by atoms with Crippen molar-refractivity contribution in [2.75, 3.05) is 7.11 Å². The van der Waals surface area contributed by atoms with E-state index >= 15 is 0 Å². The molecule has 0 radical (unpaired) electrons. The van der Waals surface area contributed by atoms with Crippen LogP contribution in [0.3, 0.4) is 0 Å². The fraction of sp³-hybridized carbons (Fsp3) is 0.333. The molecule has 2 nitrogen and oxygen atoms in total. The van der Waals surface area contributed by atoms with Crippen molar-refractivity contribution in [3.05, 3.63) is 35.9 Å². The van der Waals surface area contributed by atoms with Crippen LogP contribution in [0.2, 0.25) is 0 Å². The highest BCUT2D eigenvalue weighted by atomic mass is 16.5. The van der Waals surface area contributed by atoms with Gasteiger partial charge in [0.1, 0.15) is 5.75 Å². The minimum Gasteiger partial charge on any atom is -0.497 e. The van der Waals surface area contributed by atoms with Crippen LogP contribution in [-0.4, -0.2) is 17.8 Å². The van der Waals surface area contributed by atoms with E-state index in [9.17, 15) is 5.11 Å². The maximum atomic E-state index is 9.47. The Morgan fingerprint density at radius 1 is 1.21 bits per heavy atom. The first-order chi connectivity index (χ1) is 6.51. The van der Waals surface area contributed by atoms with Crippen molar-refractivity contribution >= 4 is 6.08 Å². The summed E-state index contributed by atoms with van der Waals surface area (Å²) >= 11 is 0. The van der Waals surface area contributed by atoms with E-state index in [0.717, 1.165) is 11.3 Å². The summed E-state index contributed by atoms with van der Waals surface area (Å²) in [5, 5.41) is 9.47. The van der Waals surface area contributed by atoms with Gasteiger partial charge in [0.2, 0.25) is 0 Å². The summed E-state index contributed by atoms with van der Waals surface area (Å²) in [5.74, 6) is 0.838. The zero-order valence-electron chi connectivity index (χ0n) is 8.82. The van der Waals surface area contributed by atoms with Crippen molar-refractivity contribution < 1.29 is 9.84 Å². The molecule has 0 atom stereocenters. The fourth-order valence-corrected chi connectivity index (χ4v) is 1.02. The van der Waals surface area contributed by atoms with E-state index < -0.39 is 5.60 Å². The van der Waals surface area contributed by atoms with E-state index in [1.54, 1.807) is 27.0 Å². The number of aliphatic hydroxyl groups is 1. The lowest BCUT2D eigenvalue weighted by Gasteiger charge is -2.10. The Hall–Kier alpha value is -1.28. The molecule has 0 saturated heterocycles. The maximum absolute atomic E-state index is 9.47. The molecule has 1 N–H and O–H groups in total. The van der Waals surface area contributed by atoms with Gasteiger partial charge in [0.05, 0.1) is 12.7 Å². The van der Waals surface area contributed by atoms with E-state index in [1.165, 1.54) is 0 Å². The van der Waals surface area contributed by atoms with Crippen molar-refractivity contribution in [3.8, 4) is 5.75 Å². The lowest BCUT2D eigenvalue weighted by atomic mass is 10.1. The topological polar surface area (TPSA) is 29.5 Å². The zero-order valence-corrected chi connectivity index (χ0v) is 8.82. The number of hydrogen-bond donors (Lipinski definition) is 1. The molecule has 0 aliphatic carbocycles. The summed E-state index contributed by atoms with van der Waals surface area (Å²) in [7, 11) is 1.64. The average Bonchev–Trinajstić information content (AvgIpc) is 2.14. The van der Waals surface area contributed by atoms with Gasteiger partial charge in [0.25, 0.3) is 0 Å². The summed E-state index contributed by atoms with van der Waals surface area (Å²) in [6.45, 7) is 3.49. The van der Waals surface area contributed by atoms with Gasteiger partial charge in [-0.3, -0.25) is 0 Å². The number of methoxy groups -OCH3 is 1. The van der Waals surface area contributed by atoms with Gasteiger partial charge in [-0.15, -0.1) is 0 Å². The first-order valence-corrected chi connectivity index (χ1v) is 4.57. The third-order valence-electron chi connectivity index (χ3n) is 1.80. The summed E-state index contributed by atoms with van der Waals surface area (Å²) in [5.41, 5.74) is 0.285. The molecule has 0 unspecified atom stereocenters. The van der Waals surface area contributed by atoms with Crippen molar-refractivity contribution in [3.63, 3.8) is 0 Å². The van der Waals surface area contributed by atoms with Gasteiger partial charge < -0.3 is 9.84 Å². The minimum atomic E-state index is -0.764. The van der Waals surface area contributed by atoms with Crippen LogP contribution in [0, 0.1) is 0 Å². The molecule has 0 spiro atoms. The minimum absolute atomic E-state index is 0.764. The molecule has 0 amide bonds. The molecule has 14 heavy (non-hydrogen) atoms. The monoisotopic (exact) mass is 192 g/mol. The van der Waals surface area contributed by atoms with Crippen LogP contribution >= 0.6 is 0 Å². The second-order valence-electron chi connectivity index (χ2n) is 3.76. The fourth-order valence-electron chi connectivity index (χ4n) is 1.02. The van der Waals surface area contributed by atoms with Gasteiger partial charge >= 0.3 is 0 Å². The molecular formula is C12H16O2. The van der Waals surface area contributed by atoms with Crippen molar-refractivity contribution in [2.45, 2.75) is 19.4 Å². The molecule has 0 aliphatic rings. The molecular weight excluding hydrogens is 176 g/mol. The van der Waals surface area contributed by atoms with E-state index in [1.807, 2.05) is 30.3 Å². The van der Waals surface area contributed by atoms with Gasteiger partial charge in [0, 0.05) is 0 Å². The summed E-state index contributed by atoms with van der Waals surface area (Å²) in [6, 6.07) is 7.68. The smallest absolute Gasteiger partial charge is 0.118 e. The Morgan fingerprint density at radius 2 is 1.79 bits per heavy atom. The molecule has 0 aromatic heterocycles. The van der Waals surface area contributed by atoms with E-state index in [-0.39, 0.29) is 0 Å². The quantitative estimate of drug-likeness (QED) is 0.797. The standard InChI is InChI=1S/C12H16O2/c1-12(2,13)9-8-10-4-6-11(14-3)7-5-10/h4-9,13H,1-3H3/b9-8-. The molecule has 0 aliphatic heterocycles. The van der Waals surface area contributed by atoms with Crippen LogP contribution < -0.4 is 4.74 Å². The van der Waals surface area contributed by atoms with Gasteiger partial charge in [-0.25, -0.2) is 0 Å². The Bertz CT molecular complexity index is 304. The van der Waals surface area contributed by atoms with Crippen LogP contribution in [0.5, 0.6) is 5.75 Å². The second-order valence-corrected chi connectivity index (χ2v) is 3.76. The Balaban J connectivity index is 2.74. The van der Waals surface area contributed by atoms with Crippen LogP contribution in [0.15, 0.2) is 30.3 Å². The van der Waals surface area contributed by atoms with Crippen LogP contribution in [0.25, 0.3) is 6.08 Å². The van der Waals surface area contributed by atoms with E-state index in [2.05, 4.69) is 0 Å². The number of rotatable bonds is 3. The first-order valence-electron chi connectivity index (χ1n) is 4.57. The lowest BCUT2D eigenvalue weighted by molar-refractivity contribution is 0.134. The van der Waals surface area contributed by atoms with Gasteiger partial charge in [-0.05, 0) is 31.5 Å². The van der Waals surface area contributed by atoms with Gasteiger partial charge in [-0.1, -0.05) is 24.3 Å². The van der Waals surface area contributed by atoms with Crippen molar-refractivity contribution in [2.24, 2.45) is 0 Å². The van der Waals surface area contributed by atoms with Gasteiger partial charge in [-0.2, -0.15) is 0 Å². The number of benzene rings is 1. The molecule has 2 heteroatoms. The van der Waals surface area contributed by atoms with E-state index in [4.69, 9.17) is 4.74 Å². The summed E-state index contributed by atoms with van der Waals surface area (Å²) < 4.78 is 5.04. The number of hydrogen-bond acceptors (Lipinski definition) is 2. The predicted molar refractivity (Wildman–Crippen MR) is 58.3 cm³/mol. The Morgan fingerprint density at radius 3 is 2.21 bits per heavy atom. The Kier molecular flexibility index (Phi) is 3.31. The SMILES string of the molecule is COc1ccc(/C=C\C(C)(C)O)cc1. The lowest BCUT2D eigenvalue weighted by Crippen LogP contribution is -2.13. The molecule has 1 aromatic carbocycles. The third-order valence-corrected chi connectivity index (χ3v) is 1.80. The molecule has 0 heterocycles. The molecule has 1 aromatic rings. The predicted octanol–water partition coefficient (Wildman–Crippen LogP) is 2.48. The van der Waals surface area contributed by atoms with Crippen LogP contribution in [0.4, 0.5) is 0 Å². The summed E-state index contributed by atoms with van der Waals surface area (Å²) in [6.07, 6.45) is 3.65. The molecule has 1 rings (SSSR count). The molecule has 0 saturated carbocycles.